The summed E-state index contributed by atoms with van der Waals surface area (Å²) in [5.41, 5.74) is 2.86. The molecule has 4 aromatic rings. The van der Waals surface area contributed by atoms with Gasteiger partial charge >= 0.3 is 0 Å². The molecule has 1 amide bonds. The van der Waals surface area contributed by atoms with Crippen molar-refractivity contribution in [2.24, 2.45) is 0 Å². The number of thiazole rings is 1. The Labute approximate surface area is 160 Å². The molecule has 0 radical (unpaired) electrons. The Morgan fingerprint density at radius 2 is 1.89 bits per heavy atom. The zero-order valence-electron chi connectivity index (χ0n) is 14.9. The van der Waals surface area contributed by atoms with Crippen LogP contribution in [0.15, 0.2) is 66.9 Å². The monoisotopic (exact) mass is 375 g/mol. The molecule has 0 fully saturated rings. The number of nitrogens with zero attached hydrogens (tertiary/aromatic N) is 3. The summed E-state index contributed by atoms with van der Waals surface area (Å²) < 4.78 is 6.54. The molecule has 2 aromatic carbocycles. The lowest BCUT2D eigenvalue weighted by atomic mass is 10.2. The minimum atomic E-state index is -0.251. The van der Waals surface area contributed by atoms with E-state index in [9.17, 15) is 4.79 Å². The third-order valence-electron chi connectivity index (χ3n) is 4.14. The van der Waals surface area contributed by atoms with Crippen LogP contribution in [0.5, 0.6) is 5.75 Å². The van der Waals surface area contributed by atoms with Gasteiger partial charge in [0.2, 0.25) is 0 Å². The number of rotatable bonds is 4. The third-order valence-corrected chi connectivity index (χ3v) is 5.16. The van der Waals surface area contributed by atoms with Gasteiger partial charge in [-0.3, -0.25) is 9.78 Å². The highest BCUT2D eigenvalue weighted by Crippen LogP contribution is 2.39. The third kappa shape index (κ3) is 3.27. The lowest BCUT2D eigenvalue weighted by Gasteiger charge is -2.22. The second-order valence-electron chi connectivity index (χ2n) is 6.00. The quantitative estimate of drug-likeness (QED) is 0.504. The van der Waals surface area contributed by atoms with Gasteiger partial charge in [0.05, 0.1) is 23.0 Å². The van der Waals surface area contributed by atoms with E-state index >= 15 is 0 Å². The molecule has 4 rings (SSSR count). The number of methoxy groups -OCH3 is 1. The molecule has 0 unspecified atom stereocenters. The van der Waals surface area contributed by atoms with Crippen LogP contribution in [-0.2, 0) is 0 Å². The first-order valence-electron chi connectivity index (χ1n) is 8.43. The Kier molecular flexibility index (Phi) is 4.56. The highest BCUT2D eigenvalue weighted by Gasteiger charge is 2.26. The standard InChI is InChI=1S/C21H17N3O2S/c1-14-10-11-18(26-2)17(13-14)24(20(25)16-8-5-6-12-22-16)21-23-15-7-3-4-9-19(15)27-21/h3-13H,1-2H3. The summed E-state index contributed by atoms with van der Waals surface area (Å²) in [6.07, 6.45) is 1.61. The van der Waals surface area contributed by atoms with E-state index in [1.54, 1.807) is 36.4 Å². The predicted molar refractivity (Wildman–Crippen MR) is 108 cm³/mol. The van der Waals surface area contributed by atoms with Crippen LogP contribution in [-0.4, -0.2) is 23.0 Å². The molecule has 0 atom stereocenters. The molecule has 0 aliphatic heterocycles. The van der Waals surface area contributed by atoms with Gasteiger partial charge < -0.3 is 4.74 Å². The molecule has 5 nitrogen and oxygen atoms in total. The van der Waals surface area contributed by atoms with Gasteiger partial charge in [0, 0.05) is 6.20 Å². The molecule has 0 saturated carbocycles. The van der Waals surface area contributed by atoms with E-state index in [1.807, 2.05) is 49.4 Å². The number of fused-ring (bicyclic) bond motifs is 1. The van der Waals surface area contributed by atoms with Crippen molar-refractivity contribution in [2.75, 3.05) is 12.0 Å². The molecule has 0 aliphatic rings. The van der Waals surface area contributed by atoms with Gasteiger partial charge in [-0.15, -0.1) is 0 Å². The molecule has 0 aliphatic carbocycles. The largest absolute Gasteiger partial charge is 0.495 e. The van der Waals surface area contributed by atoms with Crippen molar-refractivity contribution in [3.05, 3.63) is 78.1 Å². The number of aryl methyl sites for hydroxylation is 1. The molecule has 134 valence electrons. The van der Waals surface area contributed by atoms with Crippen LogP contribution in [0.1, 0.15) is 16.1 Å². The summed E-state index contributed by atoms with van der Waals surface area (Å²) in [6, 6.07) is 18.8. The maximum Gasteiger partial charge on any atom is 0.283 e. The second-order valence-corrected chi connectivity index (χ2v) is 7.00. The lowest BCUT2D eigenvalue weighted by molar-refractivity contribution is 0.0994. The molecule has 27 heavy (non-hydrogen) atoms. The van der Waals surface area contributed by atoms with E-state index in [0.29, 0.717) is 22.3 Å². The number of anilines is 2. The van der Waals surface area contributed by atoms with Crippen molar-refractivity contribution in [1.29, 1.82) is 0 Å². The molecular formula is C21H17N3O2S. The van der Waals surface area contributed by atoms with Gasteiger partial charge in [-0.25, -0.2) is 9.88 Å². The topological polar surface area (TPSA) is 55.3 Å². The smallest absolute Gasteiger partial charge is 0.283 e. The summed E-state index contributed by atoms with van der Waals surface area (Å²) in [4.78, 5) is 23.9. The highest BCUT2D eigenvalue weighted by atomic mass is 32.1. The summed E-state index contributed by atoms with van der Waals surface area (Å²) >= 11 is 1.46. The van der Waals surface area contributed by atoms with Crippen molar-refractivity contribution in [3.63, 3.8) is 0 Å². The number of pyridine rings is 1. The fourth-order valence-corrected chi connectivity index (χ4v) is 3.81. The van der Waals surface area contributed by atoms with Gasteiger partial charge in [-0.2, -0.15) is 0 Å². The second kappa shape index (κ2) is 7.17. The maximum atomic E-state index is 13.4. The number of amides is 1. The molecule has 2 heterocycles. The summed E-state index contributed by atoms with van der Waals surface area (Å²) in [5, 5.41) is 0.579. The van der Waals surface area contributed by atoms with Crippen LogP contribution in [0.2, 0.25) is 0 Å². The van der Waals surface area contributed by atoms with Gasteiger partial charge in [0.15, 0.2) is 5.13 Å². The van der Waals surface area contributed by atoms with E-state index in [2.05, 4.69) is 9.97 Å². The number of para-hydroxylation sites is 1. The lowest BCUT2D eigenvalue weighted by Crippen LogP contribution is -2.27. The average Bonchev–Trinajstić information content (AvgIpc) is 3.12. The van der Waals surface area contributed by atoms with Crippen LogP contribution in [0.3, 0.4) is 0 Å². The zero-order chi connectivity index (χ0) is 18.8. The number of carbonyl (C=O) groups is 1. The predicted octanol–water partition coefficient (Wildman–Crippen LogP) is 4.99. The van der Waals surface area contributed by atoms with E-state index in [1.165, 1.54) is 11.3 Å². The molecular weight excluding hydrogens is 358 g/mol. The Hall–Kier alpha value is -3.25. The molecule has 0 N–H and O–H groups in total. The van der Waals surface area contributed by atoms with Crippen LogP contribution < -0.4 is 9.64 Å². The number of carbonyl (C=O) groups excluding carboxylic acids is 1. The van der Waals surface area contributed by atoms with Crippen molar-refractivity contribution in [1.82, 2.24) is 9.97 Å². The number of ether oxygens (including phenoxy) is 1. The zero-order valence-corrected chi connectivity index (χ0v) is 15.7. The molecule has 6 heteroatoms. The minimum absolute atomic E-state index is 0.251. The fourth-order valence-electron chi connectivity index (χ4n) is 2.83. The van der Waals surface area contributed by atoms with Crippen molar-refractivity contribution < 1.29 is 9.53 Å². The average molecular weight is 375 g/mol. The van der Waals surface area contributed by atoms with Gasteiger partial charge in [-0.1, -0.05) is 35.6 Å². The van der Waals surface area contributed by atoms with Crippen LogP contribution in [0, 0.1) is 6.92 Å². The Morgan fingerprint density at radius 1 is 1.07 bits per heavy atom. The Balaban J connectivity index is 1.92. The molecule has 0 bridgehead atoms. The van der Waals surface area contributed by atoms with Crippen molar-refractivity contribution in [3.8, 4) is 5.75 Å². The van der Waals surface area contributed by atoms with E-state index < -0.39 is 0 Å². The minimum Gasteiger partial charge on any atom is -0.495 e. The van der Waals surface area contributed by atoms with E-state index in [0.717, 1.165) is 15.8 Å². The Bertz CT molecular complexity index is 1080. The van der Waals surface area contributed by atoms with E-state index in [4.69, 9.17) is 4.74 Å². The van der Waals surface area contributed by atoms with Crippen molar-refractivity contribution in [2.45, 2.75) is 6.92 Å². The fraction of sp³-hybridized carbons (Fsp3) is 0.0952. The first-order valence-corrected chi connectivity index (χ1v) is 9.25. The van der Waals surface area contributed by atoms with Crippen LogP contribution in [0.25, 0.3) is 10.2 Å². The van der Waals surface area contributed by atoms with Gasteiger partial charge in [0.1, 0.15) is 11.4 Å². The normalized spacial score (nSPS) is 10.7. The Morgan fingerprint density at radius 3 is 2.63 bits per heavy atom. The molecule has 0 saturated heterocycles. The molecule has 0 spiro atoms. The van der Waals surface area contributed by atoms with E-state index in [-0.39, 0.29) is 5.91 Å². The summed E-state index contributed by atoms with van der Waals surface area (Å²) in [7, 11) is 1.59. The molecule has 2 aromatic heterocycles. The highest BCUT2D eigenvalue weighted by molar-refractivity contribution is 7.22. The number of aromatic nitrogens is 2. The van der Waals surface area contributed by atoms with Crippen LogP contribution >= 0.6 is 11.3 Å². The summed E-state index contributed by atoms with van der Waals surface area (Å²) in [6.45, 7) is 1.98. The number of hydrogen-bond donors (Lipinski definition) is 0. The SMILES string of the molecule is COc1ccc(C)cc1N(C(=O)c1ccccn1)c1nc2ccccc2s1. The first-order chi connectivity index (χ1) is 13.2. The maximum absolute atomic E-state index is 13.4. The van der Waals surface area contributed by atoms with Gasteiger partial charge in [-0.05, 0) is 48.9 Å². The number of hydrogen-bond acceptors (Lipinski definition) is 5. The van der Waals surface area contributed by atoms with Gasteiger partial charge in [0.25, 0.3) is 5.91 Å². The van der Waals surface area contributed by atoms with Crippen molar-refractivity contribution >= 4 is 38.3 Å². The number of benzene rings is 2. The summed E-state index contributed by atoms with van der Waals surface area (Å²) in [5.74, 6) is 0.350. The first kappa shape index (κ1) is 17.2. The van der Waals surface area contributed by atoms with Crippen LogP contribution in [0.4, 0.5) is 10.8 Å².